The molecule has 1 aromatic carbocycles. The van der Waals surface area contributed by atoms with Gasteiger partial charge in [0, 0.05) is 18.8 Å². The number of methoxy groups -OCH3 is 1. The molecule has 9 heteroatoms. The van der Waals surface area contributed by atoms with Gasteiger partial charge in [0.2, 0.25) is 0 Å². The molecule has 0 radical (unpaired) electrons. The maximum atomic E-state index is 12.9. The van der Waals surface area contributed by atoms with Gasteiger partial charge in [-0.2, -0.15) is 13.2 Å². The number of ether oxygens (including phenoxy) is 2. The van der Waals surface area contributed by atoms with E-state index in [1.165, 1.54) is 17.7 Å². The Morgan fingerprint density at radius 1 is 1.30 bits per heavy atom. The van der Waals surface area contributed by atoms with E-state index in [-0.39, 0.29) is 23.1 Å². The van der Waals surface area contributed by atoms with Crippen molar-refractivity contribution in [1.82, 2.24) is 10.5 Å². The molecule has 144 valence electrons. The fourth-order valence-electron chi connectivity index (χ4n) is 2.01. The molecule has 1 heterocycles. The van der Waals surface area contributed by atoms with E-state index in [0.717, 1.165) is 5.56 Å². The Bertz CT molecular complexity index is 817. The monoisotopic (exact) mass is 400 g/mol. The number of nitrogens with one attached hydrogen (secondary N) is 1. The van der Waals surface area contributed by atoms with Crippen molar-refractivity contribution in [2.75, 3.05) is 13.7 Å². The quantitative estimate of drug-likeness (QED) is 0.438. The molecule has 2 aromatic rings. The minimum Gasteiger partial charge on any atom is -0.497 e. The van der Waals surface area contributed by atoms with Gasteiger partial charge in [-0.05, 0) is 17.7 Å². The number of halogens is 4. The summed E-state index contributed by atoms with van der Waals surface area (Å²) in [6.07, 6.45) is -3.36. The molecule has 0 spiro atoms. The van der Waals surface area contributed by atoms with Gasteiger partial charge in [0.25, 0.3) is 0 Å². The molecule has 1 atom stereocenters. The number of aromatic nitrogens is 1. The number of hydroxylamine groups is 1. The summed E-state index contributed by atoms with van der Waals surface area (Å²) in [5, 5.41) is 8.67. The van der Waals surface area contributed by atoms with Crippen LogP contribution in [0.3, 0.4) is 0 Å². The van der Waals surface area contributed by atoms with E-state index in [0.29, 0.717) is 5.75 Å². The second-order valence-corrected chi connectivity index (χ2v) is 5.75. The Kier molecular flexibility index (Phi) is 7.30. The topological polar surface area (TPSA) is 63.6 Å². The zero-order chi connectivity index (χ0) is 19.9. The molecule has 0 fully saturated rings. The first-order valence-corrected chi connectivity index (χ1v) is 8.07. The summed E-state index contributed by atoms with van der Waals surface area (Å²) in [6.45, 7) is -0.598. The molecular formula is C18H16ClF3N2O3. The van der Waals surface area contributed by atoms with E-state index in [1.807, 2.05) is 0 Å². The summed E-state index contributed by atoms with van der Waals surface area (Å²) in [5.74, 6) is 3.32. The molecule has 0 saturated carbocycles. The number of rotatable bonds is 6. The third kappa shape index (κ3) is 6.32. The molecule has 2 rings (SSSR count). The van der Waals surface area contributed by atoms with Gasteiger partial charge in [0.05, 0.1) is 12.7 Å². The standard InChI is InChI=1S/C18H16ClF3N2O3/c1-26-15-6-2-12(3-7-15)11-27-16-8-17(19)23-9-13(16)4-5-14(10-24-25)18(20,21)22/h2-3,6-9,14,24-25H,10-11H2,1H3. The second-order valence-electron chi connectivity index (χ2n) is 5.37. The molecule has 0 aliphatic heterocycles. The van der Waals surface area contributed by atoms with Crippen LogP contribution in [0.15, 0.2) is 36.5 Å². The number of alkyl halides is 3. The van der Waals surface area contributed by atoms with Crippen molar-refractivity contribution >= 4 is 11.6 Å². The first kappa shape index (κ1) is 20.8. The third-order valence-corrected chi connectivity index (χ3v) is 3.66. The van der Waals surface area contributed by atoms with Gasteiger partial charge in [-0.1, -0.05) is 35.6 Å². The lowest BCUT2D eigenvalue weighted by Crippen LogP contribution is -2.31. The Morgan fingerprint density at radius 3 is 2.59 bits per heavy atom. The lowest BCUT2D eigenvalue weighted by molar-refractivity contribution is -0.161. The van der Waals surface area contributed by atoms with Crippen LogP contribution in [0, 0.1) is 17.8 Å². The van der Waals surface area contributed by atoms with Gasteiger partial charge in [-0.15, -0.1) is 0 Å². The molecule has 0 aliphatic carbocycles. The van der Waals surface area contributed by atoms with E-state index >= 15 is 0 Å². The van der Waals surface area contributed by atoms with Gasteiger partial charge in [0.15, 0.2) is 0 Å². The van der Waals surface area contributed by atoms with Crippen LogP contribution in [-0.4, -0.2) is 30.0 Å². The van der Waals surface area contributed by atoms with E-state index in [9.17, 15) is 13.2 Å². The predicted molar refractivity (Wildman–Crippen MR) is 92.8 cm³/mol. The highest BCUT2D eigenvalue weighted by Gasteiger charge is 2.38. The first-order chi connectivity index (χ1) is 12.8. The third-order valence-electron chi connectivity index (χ3n) is 3.46. The second kappa shape index (κ2) is 9.46. The van der Waals surface area contributed by atoms with Crippen molar-refractivity contribution in [2.24, 2.45) is 5.92 Å². The number of hydrogen-bond donors (Lipinski definition) is 2. The van der Waals surface area contributed by atoms with Gasteiger partial charge < -0.3 is 14.7 Å². The summed E-state index contributed by atoms with van der Waals surface area (Å²) >= 11 is 5.84. The Morgan fingerprint density at radius 2 is 2.00 bits per heavy atom. The maximum absolute atomic E-state index is 12.9. The zero-order valence-electron chi connectivity index (χ0n) is 14.2. The summed E-state index contributed by atoms with van der Waals surface area (Å²) < 4.78 is 49.3. The molecule has 1 aromatic heterocycles. The lowest BCUT2D eigenvalue weighted by atomic mass is 10.1. The SMILES string of the molecule is COc1ccc(COc2cc(Cl)ncc2C#CC(CNO)C(F)(F)F)cc1. The smallest absolute Gasteiger partial charge is 0.403 e. The van der Waals surface area contributed by atoms with Gasteiger partial charge in [-0.3, -0.25) is 0 Å². The van der Waals surface area contributed by atoms with Crippen molar-refractivity contribution in [3.8, 4) is 23.3 Å². The average Bonchev–Trinajstić information content (AvgIpc) is 2.64. The van der Waals surface area contributed by atoms with E-state index in [2.05, 4.69) is 16.8 Å². The van der Waals surface area contributed by atoms with Gasteiger partial charge >= 0.3 is 6.18 Å². The lowest BCUT2D eigenvalue weighted by Gasteiger charge is -2.13. The molecule has 0 bridgehead atoms. The van der Waals surface area contributed by atoms with Crippen molar-refractivity contribution < 1.29 is 27.9 Å². The van der Waals surface area contributed by atoms with Gasteiger partial charge in [0.1, 0.15) is 29.2 Å². The largest absolute Gasteiger partial charge is 0.497 e. The van der Waals surface area contributed by atoms with E-state index in [4.69, 9.17) is 26.3 Å². The van der Waals surface area contributed by atoms with E-state index < -0.39 is 18.6 Å². The minimum absolute atomic E-state index is 0.120. The van der Waals surface area contributed by atoms with Crippen LogP contribution in [-0.2, 0) is 6.61 Å². The fraction of sp³-hybridized carbons (Fsp3) is 0.278. The number of pyridine rings is 1. The summed E-state index contributed by atoms with van der Waals surface area (Å²) in [4.78, 5) is 3.82. The van der Waals surface area contributed by atoms with Crippen LogP contribution >= 0.6 is 11.6 Å². The van der Waals surface area contributed by atoms with Crippen molar-refractivity contribution in [3.05, 3.63) is 52.8 Å². The van der Waals surface area contributed by atoms with Crippen molar-refractivity contribution in [3.63, 3.8) is 0 Å². The molecular weight excluding hydrogens is 385 g/mol. The highest BCUT2D eigenvalue weighted by Crippen LogP contribution is 2.26. The van der Waals surface area contributed by atoms with Gasteiger partial charge in [-0.25, -0.2) is 10.5 Å². The molecule has 0 aliphatic rings. The summed E-state index contributed by atoms with van der Waals surface area (Å²) in [6, 6.07) is 8.48. The van der Waals surface area contributed by atoms with Crippen LogP contribution < -0.4 is 15.0 Å². The van der Waals surface area contributed by atoms with Crippen molar-refractivity contribution in [1.29, 1.82) is 0 Å². The number of nitrogens with zero attached hydrogens (tertiary/aromatic N) is 1. The molecule has 2 N–H and O–H groups in total. The summed E-state index contributed by atoms with van der Waals surface area (Å²) in [7, 11) is 1.55. The first-order valence-electron chi connectivity index (χ1n) is 7.70. The number of benzene rings is 1. The van der Waals surface area contributed by atoms with Crippen LogP contribution in [0.4, 0.5) is 13.2 Å². The highest BCUT2D eigenvalue weighted by molar-refractivity contribution is 6.29. The zero-order valence-corrected chi connectivity index (χ0v) is 14.9. The summed E-state index contributed by atoms with van der Waals surface area (Å²) in [5.41, 5.74) is 2.46. The normalized spacial score (nSPS) is 12.1. The molecule has 1 unspecified atom stereocenters. The van der Waals surface area contributed by atoms with E-state index in [1.54, 1.807) is 31.4 Å². The number of hydrogen-bond acceptors (Lipinski definition) is 5. The Balaban J connectivity index is 2.20. The Hall–Kier alpha value is -2.47. The maximum Gasteiger partial charge on any atom is 0.403 e. The van der Waals surface area contributed by atoms with Crippen LogP contribution in [0.5, 0.6) is 11.5 Å². The van der Waals surface area contributed by atoms with Crippen molar-refractivity contribution in [2.45, 2.75) is 12.8 Å². The van der Waals surface area contributed by atoms with Crippen LogP contribution in [0.25, 0.3) is 0 Å². The average molecular weight is 401 g/mol. The molecule has 27 heavy (non-hydrogen) atoms. The highest BCUT2D eigenvalue weighted by atomic mass is 35.5. The van der Waals surface area contributed by atoms with Crippen LogP contribution in [0.2, 0.25) is 5.15 Å². The predicted octanol–water partition coefficient (Wildman–Crippen LogP) is 3.83. The van der Waals surface area contributed by atoms with Crippen LogP contribution in [0.1, 0.15) is 11.1 Å². The fourth-order valence-corrected chi connectivity index (χ4v) is 2.16. The Labute approximate surface area is 159 Å². The minimum atomic E-state index is -4.59. The molecule has 5 nitrogen and oxygen atoms in total. The molecule has 0 saturated heterocycles. The molecule has 0 amide bonds.